The van der Waals surface area contributed by atoms with Crippen LogP contribution >= 0.6 is 11.3 Å². The highest BCUT2D eigenvalue weighted by Crippen LogP contribution is 2.52. The lowest BCUT2D eigenvalue weighted by atomic mass is 9.68. The Hall–Kier alpha value is -4.84. The molecule has 0 radical (unpaired) electrons. The molecule has 10 nitrogen and oxygen atoms in total. The average molecular weight is 606 g/mol. The molecule has 0 saturated carbocycles. The van der Waals surface area contributed by atoms with Crippen molar-refractivity contribution in [2.45, 2.75) is 32.1 Å². The van der Waals surface area contributed by atoms with Crippen LogP contribution in [0.5, 0.6) is 0 Å². The number of benzene rings is 2. The Labute approximate surface area is 250 Å². The van der Waals surface area contributed by atoms with Gasteiger partial charge in [0, 0.05) is 34.2 Å². The van der Waals surface area contributed by atoms with E-state index in [1.165, 1.54) is 58.7 Å². The van der Waals surface area contributed by atoms with Gasteiger partial charge in [0.05, 0.1) is 35.3 Å². The summed E-state index contributed by atoms with van der Waals surface area (Å²) in [5, 5.41) is 13.5. The predicted molar refractivity (Wildman–Crippen MR) is 156 cm³/mol. The van der Waals surface area contributed by atoms with E-state index >= 15 is 4.39 Å². The van der Waals surface area contributed by atoms with Crippen molar-refractivity contribution in [1.29, 1.82) is 0 Å². The first-order valence-corrected chi connectivity index (χ1v) is 14.5. The Morgan fingerprint density at radius 1 is 1.09 bits per heavy atom. The molecule has 5 rings (SSSR count). The first-order valence-electron chi connectivity index (χ1n) is 13.6. The molecule has 2 N–H and O–H groups in total. The summed E-state index contributed by atoms with van der Waals surface area (Å²) in [6.07, 6.45) is 0.0572. The van der Waals surface area contributed by atoms with Gasteiger partial charge in [-0.2, -0.15) is 0 Å². The van der Waals surface area contributed by atoms with Crippen LogP contribution in [0.1, 0.15) is 42.5 Å². The van der Waals surface area contributed by atoms with Crippen LogP contribution in [0, 0.1) is 21.8 Å². The summed E-state index contributed by atoms with van der Waals surface area (Å²) < 4.78 is 26.1. The molecule has 0 fully saturated rings. The van der Waals surface area contributed by atoms with E-state index in [0.717, 1.165) is 4.88 Å². The third-order valence-electron chi connectivity index (χ3n) is 7.49. The van der Waals surface area contributed by atoms with Crippen molar-refractivity contribution in [2.24, 2.45) is 11.7 Å². The van der Waals surface area contributed by atoms with Crippen LogP contribution in [-0.2, 0) is 23.9 Å². The Morgan fingerprint density at radius 3 is 2.49 bits per heavy atom. The molecule has 222 valence electrons. The van der Waals surface area contributed by atoms with Crippen LogP contribution < -0.4 is 10.6 Å². The second-order valence-corrected chi connectivity index (χ2v) is 10.9. The molecule has 0 spiro atoms. The van der Waals surface area contributed by atoms with Crippen molar-refractivity contribution in [2.75, 3.05) is 18.1 Å². The topological polar surface area (TPSA) is 142 Å². The van der Waals surface area contributed by atoms with Gasteiger partial charge in [0.2, 0.25) is 0 Å². The summed E-state index contributed by atoms with van der Waals surface area (Å²) in [4.78, 5) is 54.8. The maximum absolute atomic E-state index is 15.4. The third-order valence-corrected chi connectivity index (χ3v) is 8.50. The summed E-state index contributed by atoms with van der Waals surface area (Å²) in [5.74, 6) is -6.34. The van der Waals surface area contributed by atoms with E-state index in [1.54, 1.807) is 32.0 Å². The first kappa shape index (κ1) is 29.6. The maximum atomic E-state index is 15.4. The highest BCUT2D eigenvalue weighted by Gasteiger charge is 2.52. The minimum atomic E-state index is -1.29. The van der Waals surface area contributed by atoms with Gasteiger partial charge in [0.1, 0.15) is 17.6 Å². The molecule has 3 aromatic rings. The fraction of sp³-hybridized carbons (Fsp3) is 0.258. The fourth-order valence-corrected chi connectivity index (χ4v) is 6.63. The van der Waals surface area contributed by atoms with Gasteiger partial charge in [0.25, 0.3) is 5.69 Å². The van der Waals surface area contributed by atoms with Gasteiger partial charge in [-0.1, -0.05) is 30.3 Å². The number of halogens is 1. The molecule has 1 aliphatic carbocycles. The molecule has 0 bridgehead atoms. The SMILES string of the molecule is CCOC(=O)C1=C(N)N(c2ccccc2F)C2=C(C(=O)[C@H](C(=O)OCC)[C@H](c3cccs3)C2)[C@@H]1c1cccc([N+](=O)[O-])c1. The summed E-state index contributed by atoms with van der Waals surface area (Å²) in [6, 6.07) is 14.9. The maximum Gasteiger partial charge on any atom is 0.338 e. The molecule has 0 amide bonds. The molecule has 1 aromatic heterocycles. The van der Waals surface area contributed by atoms with Crippen molar-refractivity contribution in [3.05, 3.63) is 115 Å². The van der Waals surface area contributed by atoms with Gasteiger partial charge < -0.3 is 15.2 Å². The number of nitro groups is 1. The number of nitrogens with zero attached hydrogens (tertiary/aromatic N) is 2. The number of anilines is 1. The quantitative estimate of drug-likeness (QED) is 0.156. The molecule has 0 saturated heterocycles. The molecule has 2 aliphatic rings. The van der Waals surface area contributed by atoms with Crippen molar-refractivity contribution in [3.8, 4) is 0 Å². The number of hydrogen-bond donors (Lipinski definition) is 1. The predicted octanol–water partition coefficient (Wildman–Crippen LogP) is 5.32. The van der Waals surface area contributed by atoms with Gasteiger partial charge >= 0.3 is 11.9 Å². The van der Waals surface area contributed by atoms with Crippen molar-refractivity contribution >= 4 is 40.4 Å². The molecule has 2 heterocycles. The van der Waals surface area contributed by atoms with E-state index in [4.69, 9.17) is 15.2 Å². The monoisotopic (exact) mass is 605 g/mol. The molecule has 12 heteroatoms. The summed E-state index contributed by atoms with van der Waals surface area (Å²) in [5.41, 5.74) is 6.70. The van der Waals surface area contributed by atoms with Crippen LogP contribution in [0.2, 0.25) is 0 Å². The molecule has 0 unspecified atom stereocenters. The van der Waals surface area contributed by atoms with Gasteiger partial charge in [0.15, 0.2) is 5.78 Å². The van der Waals surface area contributed by atoms with E-state index in [1.807, 2.05) is 5.38 Å². The zero-order valence-corrected chi connectivity index (χ0v) is 24.1. The fourth-order valence-electron chi connectivity index (χ4n) is 5.77. The van der Waals surface area contributed by atoms with Crippen LogP contribution in [0.4, 0.5) is 15.8 Å². The molecule has 2 aromatic carbocycles. The largest absolute Gasteiger partial charge is 0.465 e. The lowest BCUT2D eigenvalue weighted by molar-refractivity contribution is -0.384. The normalized spacial score (nSPS) is 20.1. The van der Waals surface area contributed by atoms with Crippen LogP contribution in [0.25, 0.3) is 0 Å². The Morgan fingerprint density at radius 2 is 1.84 bits per heavy atom. The summed E-state index contributed by atoms with van der Waals surface area (Å²) in [7, 11) is 0. The van der Waals surface area contributed by atoms with Crippen LogP contribution in [0.3, 0.4) is 0 Å². The Balaban J connectivity index is 1.85. The number of Topliss-reactive ketones (excluding diaryl/α,β-unsaturated/α-hetero) is 1. The van der Waals surface area contributed by atoms with Gasteiger partial charge in [-0.05, 0) is 49.4 Å². The minimum absolute atomic E-state index is 0.00753. The average Bonchev–Trinajstić information content (AvgIpc) is 3.52. The van der Waals surface area contributed by atoms with E-state index in [-0.39, 0.29) is 59.2 Å². The molecule has 3 atom stereocenters. The second-order valence-electron chi connectivity index (χ2n) is 9.87. The zero-order chi connectivity index (χ0) is 30.8. The number of ether oxygens (including phenoxy) is 2. The lowest BCUT2D eigenvalue weighted by Gasteiger charge is -2.43. The zero-order valence-electron chi connectivity index (χ0n) is 23.3. The molecule has 1 aliphatic heterocycles. The number of nitro benzene ring substituents is 1. The highest BCUT2D eigenvalue weighted by molar-refractivity contribution is 7.10. The number of para-hydroxylation sites is 1. The van der Waals surface area contributed by atoms with Crippen molar-refractivity contribution < 1.29 is 33.2 Å². The first-order chi connectivity index (χ1) is 20.7. The Bertz CT molecular complexity index is 1670. The van der Waals surface area contributed by atoms with Crippen LogP contribution in [0.15, 0.2) is 88.7 Å². The molecule has 43 heavy (non-hydrogen) atoms. The second kappa shape index (κ2) is 12.2. The van der Waals surface area contributed by atoms with Crippen molar-refractivity contribution in [1.82, 2.24) is 0 Å². The Kier molecular flexibility index (Phi) is 8.40. The van der Waals surface area contributed by atoms with E-state index in [2.05, 4.69) is 0 Å². The van der Waals surface area contributed by atoms with Gasteiger partial charge in [-0.3, -0.25) is 24.6 Å². The van der Waals surface area contributed by atoms with E-state index in [0.29, 0.717) is 0 Å². The number of carbonyl (C=O) groups is 3. The van der Waals surface area contributed by atoms with E-state index < -0.39 is 46.2 Å². The number of rotatable bonds is 8. The third kappa shape index (κ3) is 5.29. The molecular weight excluding hydrogens is 577 g/mol. The number of ketones is 1. The van der Waals surface area contributed by atoms with Gasteiger partial charge in [-0.25, -0.2) is 9.18 Å². The summed E-state index contributed by atoms with van der Waals surface area (Å²) >= 11 is 1.36. The number of nitrogens with two attached hydrogens (primary N) is 1. The van der Waals surface area contributed by atoms with Gasteiger partial charge in [-0.15, -0.1) is 11.3 Å². The highest BCUT2D eigenvalue weighted by atomic mass is 32.1. The minimum Gasteiger partial charge on any atom is -0.465 e. The molecular formula is C31H28FN3O7S. The number of hydrogen-bond acceptors (Lipinski definition) is 10. The lowest BCUT2D eigenvalue weighted by Crippen LogP contribution is -2.46. The smallest absolute Gasteiger partial charge is 0.338 e. The number of thiophene rings is 1. The van der Waals surface area contributed by atoms with E-state index in [9.17, 15) is 24.5 Å². The number of carbonyl (C=O) groups excluding carboxylic acids is 3. The number of non-ortho nitro benzene ring substituents is 1. The standard InChI is InChI=1S/C31H28FN3O7S/c1-3-41-30(37)25-19(23-13-8-14-43-23)16-22-26(28(25)36)24(17-9-7-10-18(15-17)35(39)40)27(31(38)42-4-2)29(33)34(22)21-12-6-5-11-20(21)32/h5-15,19,24-25H,3-4,16,33H2,1-2H3/t19-,24-,25+/m0/s1. The summed E-state index contributed by atoms with van der Waals surface area (Å²) in [6.45, 7) is 3.21. The number of esters is 2. The van der Waals surface area contributed by atoms with Crippen molar-refractivity contribution in [3.63, 3.8) is 0 Å². The van der Waals surface area contributed by atoms with Crippen LogP contribution in [-0.4, -0.2) is 35.9 Å². The number of allylic oxidation sites excluding steroid dienone is 2.